The summed E-state index contributed by atoms with van der Waals surface area (Å²) in [5.74, 6) is 0.663. The number of likely N-dealkylation sites (tertiary alicyclic amines) is 1. The predicted molar refractivity (Wildman–Crippen MR) is 75.5 cm³/mol. The molecule has 0 aromatic rings. The van der Waals surface area contributed by atoms with E-state index >= 15 is 0 Å². The van der Waals surface area contributed by atoms with Crippen LogP contribution in [0.4, 0.5) is 0 Å². The monoisotopic (exact) mass is 283 g/mol. The van der Waals surface area contributed by atoms with E-state index in [2.05, 4.69) is 19.0 Å². The number of piperidine rings is 1. The standard InChI is InChI=1S/C14H25N3O3/c1-10-3-6-17(11(2)9-10)13(18)14(12(15)16-19)4-7-20-8-5-14/h10-11,19H,3-9H2,1-2H3,(H2,15,16). The summed E-state index contributed by atoms with van der Waals surface area (Å²) in [5.41, 5.74) is 4.97. The molecule has 2 aliphatic rings. The Balaban J connectivity index is 2.23. The molecule has 114 valence electrons. The maximum Gasteiger partial charge on any atom is 0.236 e. The van der Waals surface area contributed by atoms with Crippen molar-refractivity contribution in [1.29, 1.82) is 0 Å². The Bertz CT molecular complexity index is 391. The van der Waals surface area contributed by atoms with Gasteiger partial charge in [0.25, 0.3) is 0 Å². The Morgan fingerprint density at radius 1 is 1.40 bits per heavy atom. The van der Waals surface area contributed by atoms with Gasteiger partial charge < -0.3 is 20.6 Å². The van der Waals surface area contributed by atoms with E-state index in [1.807, 2.05) is 4.90 Å². The molecule has 0 radical (unpaired) electrons. The van der Waals surface area contributed by atoms with Crippen LogP contribution in [0.3, 0.4) is 0 Å². The molecule has 6 nitrogen and oxygen atoms in total. The normalized spacial score (nSPS) is 31.1. The zero-order valence-corrected chi connectivity index (χ0v) is 12.3. The van der Waals surface area contributed by atoms with Crippen LogP contribution in [0.2, 0.25) is 0 Å². The lowest BCUT2D eigenvalue weighted by Gasteiger charge is -2.43. The van der Waals surface area contributed by atoms with Crippen molar-refractivity contribution in [2.75, 3.05) is 19.8 Å². The van der Waals surface area contributed by atoms with E-state index in [9.17, 15) is 4.79 Å². The third kappa shape index (κ3) is 2.61. The van der Waals surface area contributed by atoms with Crippen LogP contribution < -0.4 is 5.73 Å². The number of amides is 1. The van der Waals surface area contributed by atoms with Crippen LogP contribution >= 0.6 is 0 Å². The number of carbonyl (C=O) groups excluding carboxylic acids is 1. The van der Waals surface area contributed by atoms with Crippen molar-refractivity contribution in [3.8, 4) is 0 Å². The molecule has 0 saturated carbocycles. The van der Waals surface area contributed by atoms with Crippen molar-refractivity contribution in [1.82, 2.24) is 4.90 Å². The third-order valence-corrected chi connectivity index (χ3v) is 4.75. The van der Waals surface area contributed by atoms with Gasteiger partial charge >= 0.3 is 0 Å². The van der Waals surface area contributed by atoms with Crippen molar-refractivity contribution >= 4 is 11.7 Å². The summed E-state index contributed by atoms with van der Waals surface area (Å²) in [7, 11) is 0. The smallest absolute Gasteiger partial charge is 0.236 e. The fourth-order valence-electron chi connectivity index (χ4n) is 3.38. The molecule has 0 aromatic heterocycles. The molecule has 2 unspecified atom stereocenters. The number of nitrogens with two attached hydrogens (primary N) is 1. The average molecular weight is 283 g/mol. The highest BCUT2D eigenvalue weighted by Crippen LogP contribution is 2.35. The molecule has 2 atom stereocenters. The maximum atomic E-state index is 13.0. The van der Waals surface area contributed by atoms with Crippen molar-refractivity contribution in [3.63, 3.8) is 0 Å². The van der Waals surface area contributed by atoms with Gasteiger partial charge in [0.2, 0.25) is 5.91 Å². The number of hydrogen-bond acceptors (Lipinski definition) is 4. The molecule has 2 fully saturated rings. The first-order chi connectivity index (χ1) is 9.51. The van der Waals surface area contributed by atoms with Gasteiger partial charge in [-0.3, -0.25) is 4.79 Å². The molecule has 1 amide bonds. The van der Waals surface area contributed by atoms with E-state index in [1.54, 1.807) is 0 Å². The van der Waals surface area contributed by atoms with E-state index in [-0.39, 0.29) is 17.8 Å². The zero-order chi connectivity index (χ0) is 14.8. The maximum absolute atomic E-state index is 13.0. The summed E-state index contributed by atoms with van der Waals surface area (Å²) < 4.78 is 5.34. The molecule has 0 aromatic carbocycles. The number of carbonyl (C=O) groups is 1. The first-order valence-electron chi connectivity index (χ1n) is 7.38. The van der Waals surface area contributed by atoms with Gasteiger partial charge in [0.15, 0.2) is 5.84 Å². The summed E-state index contributed by atoms with van der Waals surface area (Å²) >= 11 is 0. The molecule has 0 spiro atoms. The largest absolute Gasteiger partial charge is 0.409 e. The molecule has 3 N–H and O–H groups in total. The van der Waals surface area contributed by atoms with Crippen molar-refractivity contribution < 1.29 is 14.7 Å². The second-order valence-corrected chi connectivity index (χ2v) is 6.16. The molecule has 20 heavy (non-hydrogen) atoms. The summed E-state index contributed by atoms with van der Waals surface area (Å²) in [4.78, 5) is 14.9. The van der Waals surface area contributed by atoms with Crippen molar-refractivity contribution in [2.24, 2.45) is 22.2 Å². The van der Waals surface area contributed by atoms with Crippen molar-refractivity contribution in [3.05, 3.63) is 0 Å². The quantitative estimate of drug-likeness (QED) is 0.345. The zero-order valence-electron chi connectivity index (χ0n) is 12.3. The van der Waals surface area contributed by atoms with Gasteiger partial charge in [0.1, 0.15) is 5.41 Å². The molecule has 2 heterocycles. The Morgan fingerprint density at radius 2 is 2.05 bits per heavy atom. The fourth-order valence-corrected chi connectivity index (χ4v) is 3.38. The summed E-state index contributed by atoms with van der Waals surface area (Å²) in [6.45, 7) is 5.99. The predicted octanol–water partition coefficient (Wildman–Crippen LogP) is 1.18. The highest BCUT2D eigenvalue weighted by atomic mass is 16.5. The van der Waals surface area contributed by atoms with E-state index in [0.717, 1.165) is 19.4 Å². The fraction of sp³-hybridized carbons (Fsp3) is 0.857. The minimum Gasteiger partial charge on any atom is -0.409 e. The lowest BCUT2D eigenvalue weighted by Crippen LogP contribution is -2.57. The molecule has 2 aliphatic heterocycles. The average Bonchev–Trinajstić information content (AvgIpc) is 2.46. The van der Waals surface area contributed by atoms with Crippen LogP contribution in [0.25, 0.3) is 0 Å². The van der Waals surface area contributed by atoms with E-state index in [0.29, 0.717) is 32.0 Å². The molecule has 0 bridgehead atoms. The highest BCUT2D eigenvalue weighted by Gasteiger charge is 2.48. The van der Waals surface area contributed by atoms with Gasteiger partial charge in [-0.2, -0.15) is 0 Å². The molecule has 2 saturated heterocycles. The minimum absolute atomic E-state index is 0.00417. The molecular weight excluding hydrogens is 258 g/mol. The van der Waals surface area contributed by atoms with Gasteiger partial charge in [0, 0.05) is 25.8 Å². The van der Waals surface area contributed by atoms with Crippen LogP contribution in [0.5, 0.6) is 0 Å². The number of amidine groups is 1. The number of ether oxygens (including phenoxy) is 1. The Hall–Kier alpha value is -1.30. The van der Waals surface area contributed by atoms with Crippen molar-refractivity contribution in [2.45, 2.75) is 45.6 Å². The lowest BCUT2D eigenvalue weighted by molar-refractivity contribution is -0.146. The Morgan fingerprint density at radius 3 is 2.60 bits per heavy atom. The topological polar surface area (TPSA) is 88.2 Å². The second-order valence-electron chi connectivity index (χ2n) is 6.16. The van der Waals surface area contributed by atoms with E-state index in [1.165, 1.54) is 0 Å². The molecular formula is C14H25N3O3. The van der Waals surface area contributed by atoms with Gasteiger partial charge in [-0.25, -0.2) is 0 Å². The number of oxime groups is 1. The Labute approximate surface area is 119 Å². The Kier molecular flexibility index (Phi) is 4.52. The second kappa shape index (κ2) is 5.99. The number of rotatable bonds is 2. The first kappa shape index (κ1) is 15.1. The highest BCUT2D eigenvalue weighted by molar-refractivity contribution is 6.07. The van der Waals surface area contributed by atoms with Crippen LogP contribution in [-0.4, -0.2) is 47.7 Å². The van der Waals surface area contributed by atoms with Crippen LogP contribution in [-0.2, 0) is 9.53 Å². The van der Waals surface area contributed by atoms with E-state index in [4.69, 9.17) is 15.7 Å². The third-order valence-electron chi connectivity index (χ3n) is 4.75. The summed E-state index contributed by atoms with van der Waals surface area (Å²) in [5, 5.41) is 12.2. The van der Waals surface area contributed by atoms with Crippen LogP contribution in [0.15, 0.2) is 5.16 Å². The number of nitrogens with zero attached hydrogens (tertiary/aromatic N) is 2. The van der Waals surface area contributed by atoms with Crippen LogP contribution in [0.1, 0.15) is 39.5 Å². The van der Waals surface area contributed by atoms with Gasteiger partial charge in [-0.15, -0.1) is 0 Å². The molecule has 0 aliphatic carbocycles. The number of hydrogen-bond donors (Lipinski definition) is 2. The van der Waals surface area contributed by atoms with Gasteiger partial charge in [0.05, 0.1) is 0 Å². The summed E-state index contributed by atoms with van der Waals surface area (Å²) in [6, 6.07) is 0.206. The summed E-state index contributed by atoms with van der Waals surface area (Å²) in [6.07, 6.45) is 2.99. The first-order valence-corrected chi connectivity index (χ1v) is 7.38. The molecule has 6 heteroatoms. The lowest BCUT2D eigenvalue weighted by atomic mass is 9.76. The molecule has 2 rings (SSSR count). The van der Waals surface area contributed by atoms with Gasteiger partial charge in [-0.05, 0) is 38.5 Å². The van der Waals surface area contributed by atoms with E-state index < -0.39 is 5.41 Å². The van der Waals surface area contributed by atoms with Gasteiger partial charge in [-0.1, -0.05) is 12.1 Å². The SMILES string of the molecule is CC1CCN(C(=O)C2(C(N)=NO)CCOCC2)C(C)C1. The van der Waals surface area contributed by atoms with Crippen LogP contribution in [0, 0.1) is 11.3 Å². The minimum atomic E-state index is -0.887.